The van der Waals surface area contributed by atoms with Gasteiger partial charge in [0.25, 0.3) is 0 Å². The third-order valence-corrected chi connectivity index (χ3v) is 4.11. The van der Waals surface area contributed by atoms with E-state index in [1.165, 1.54) is 6.07 Å². The number of nitrogen functional groups attached to an aromatic ring is 1. The van der Waals surface area contributed by atoms with Crippen molar-refractivity contribution in [3.05, 3.63) is 86.3 Å². The fourth-order valence-electron chi connectivity index (χ4n) is 2.62. The molecule has 13 heteroatoms. The number of ether oxygens (including phenoxy) is 1. The van der Waals surface area contributed by atoms with Crippen LogP contribution in [0.5, 0.6) is 11.5 Å². The van der Waals surface area contributed by atoms with Crippen LogP contribution in [-0.2, 0) is 11.3 Å². The van der Waals surface area contributed by atoms with Crippen LogP contribution < -0.4 is 21.3 Å². The van der Waals surface area contributed by atoms with Crippen molar-refractivity contribution in [2.75, 3.05) is 11.1 Å². The van der Waals surface area contributed by atoms with E-state index in [1.807, 2.05) is 0 Å². The number of nitrogens with one attached hydrogen (secondary N) is 1. The number of nitrogens with zero attached hydrogens (tertiary/aromatic N) is 2. The van der Waals surface area contributed by atoms with Gasteiger partial charge in [0, 0.05) is 24.4 Å². The Labute approximate surface area is 175 Å². The SMILES string of the molecule is Nc1c(NC(=O)Cn2cccc([N+](=O)[O-])c2=O)cc(F)c(F)c1Oc1ccc(F)cc1F. The summed E-state index contributed by atoms with van der Waals surface area (Å²) in [7, 11) is 0. The van der Waals surface area contributed by atoms with Crippen molar-refractivity contribution >= 4 is 23.0 Å². The number of anilines is 2. The number of carbonyl (C=O) groups is 1. The molecule has 0 aliphatic heterocycles. The van der Waals surface area contributed by atoms with Gasteiger partial charge in [-0.15, -0.1) is 0 Å². The second-order valence-corrected chi connectivity index (χ2v) is 6.27. The molecular formula is C19H12F4N4O5. The van der Waals surface area contributed by atoms with Crippen molar-refractivity contribution in [2.24, 2.45) is 0 Å². The minimum absolute atomic E-state index is 0.447. The summed E-state index contributed by atoms with van der Waals surface area (Å²) in [6, 6.07) is 4.71. The summed E-state index contributed by atoms with van der Waals surface area (Å²) in [5.74, 6) is -7.88. The summed E-state index contributed by atoms with van der Waals surface area (Å²) in [6.45, 7) is -0.721. The van der Waals surface area contributed by atoms with Crippen molar-refractivity contribution in [2.45, 2.75) is 6.54 Å². The molecule has 3 rings (SSSR count). The number of nitro groups is 1. The van der Waals surface area contributed by atoms with Crippen LogP contribution >= 0.6 is 0 Å². The number of pyridine rings is 1. The molecule has 0 spiro atoms. The maximum atomic E-state index is 14.2. The Bertz CT molecular complexity index is 1300. The minimum Gasteiger partial charge on any atom is -0.449 e. The molecule has 1 heterocycles. The van der Waals surface area contributed by atoms with Gasteiger partial charge < -0.3 is 20.4 Å². The van der Waals surface area contributed by atoms with Crippen molar-refractivity contribution in [3.63, 3.8) is 0 Å². The maximum Gasteiger partial charge on any atom is 0.334 e. The zero-order valence-electron chi connectivity index (χ0n) is 15.8. The first kappa shape index (κ1) is 22.3. The molecule has 0 aliphatic carbocycles. The van der Waals surface area contributed by atoms with Gasteiger partial charge >= 0.3 is 11.2 Å². The van der Waals surface area contributed by atoms with E-state index in [2.05, 4.69) is 5.32 Å². The van der Waals surface area contributed by atoms with Crippen molar-refractivity contribution in [1.29, 1.82) is 0 Å². The fourth-order valence-corrected chi connectivity index (χ4v) is 2.62. The smallest absolute Gasteiger partial charge is 0.334 e. The average Bonchev–Trinajstić information content (AvgIpc) is 2.72. The molecule has 0 saturated carbocycles. The topological polar surface area (TPSA) is 129 Å². The van der Waals surface area contributed by atoms with E-state index in [0.717, 1.165) is 29.0 Å². The normalized spacial score (nSPS) is 10.6. The largest absolute Gasteiger partial charge is 0.449 e. The molecule has 1 aromatic heterocycles. The zero-order valence-corrected chi connectivity index (χ0v) is 15.8. The molecule has 0 bridgehead atoms. The fraction of sp³-hybridized carbons (Fsp3) is 0.0526. The van der Waals surface area contributed by atoms with E-state index in [4.69, 9.17) is 10.5 Å². The highest BCUT2D eigenvalue weighted by atomic mass is 19.2. The van der Waals surface area contributed by atoms with Gasteiger partial charge in [0.05, 0.1) is 10.6 Å². The molecule has 0 fully saturated rings. The van der Waals surface area contributed by atoms with Crippen LogP contribution in [0.4, 0.5) is 34.6 Å². The lowest BCUT2D eigenvalue weighted by atomic mass is 10.2. The van der Waals surface area contributed by atoms with Crippen molar-refractivity contribution in [3.8, 4) is 11.5 Å². The van der Waals surface area contributed by atoms with Gasteiger partial charge in [-0.2, -0.15) is 4.39 Å². The van der Waals surface area contributed by atoms with E-state index in [1.54, 1.807) is 0 Å². The molecule has 3 N–H and O–H groups in total. The lowest BCUT2D eigenvalue weighted by molar-refractivity contribution is -0.386. The summed E-state index contributed by atoms with van der Waals surface area (Å²) in [4.78, 5) is 34.2. The van der Waals surface area contributed by atoms with Crippen molar-refractivity contribution < 1.29 is 32.0 Å². The molecule has 9 nitrogen and oxygen atoms in total. The van der Waals surface area contributed by atoms with Crippen LogP contribution in [0.3, 0.4) is 0 Å². The Morgan fingerprint density at radius 1 is 1.16 bits per heavy atom. The van der Waals surface area contributed by atoms with Gasteiger partial charge in [-0.25, -0.2) is 13.2 Å². The minimum atomic E-state index is -1.60. The van der Waals surface area contributed by atoms with E-state index in [0.29, 0.717) is 12.1 Å². The Morgan fingerprint density at radius 3 is 2.53 bits per heavy atom. The average molecular weight is 452 g/mol. The van der Waals surface area contributed by atoms with Gasteiger partial charge in [-0.1, -0.05) is 0 Å². The summed E-state index contributed by atoms with van der Waals surface area (Å²) >= 11 is 0. The molecule has 3 aromatic rings. The number of hydrogen-bond acceptors (Lipinski definition) is 6. The molecule has 0 atom stereocenters. The van der Waals surface area contributed by atoms with Crippen LogP contribution in [0, 0.1) is 33.4 Å². The number of aromatic nitrogens is 1. The molecule has 166 valence electrons. The molecule has 32 heavy (non-hydrogen) atoms. The molecule has 2 aromatic carbocycles. The Balaban J connectivity index is 1.89. The first-order valence-corrected chi connectivity index (χ1v) is 8.62. The quantitative estimate of drug-likeness (QED) is 0.255. The lowest BCUT2D eigenvalue weighted by Crippen LogP contribution is -2.28. The third kappa shape index (κ3) is 4.50. The Hall–Kier alpha value is -4.42. The molecule has 0 saturated heterocycles. The summed E-state index contributed by atoms with van der Waals surface area (Å²) < 4.78 is 60.7. The Morgan fingerprint density at radius 2 is 1.88 bits per heavy atom. The van der Waals surface area contributed by atoms with Gasteiger partial charge in [-0.3, -0.25) is 19.7 Å². The highest BCUT2D eigenvalue weighted by molar-refractivity contribution is 5.95. The molecule has 0 aliphatic rings. The number of nitrogens with two attached hydrogens (primary N) is 1. The lowest BCUT2D eigenvalue weighted by Gasteiger charge is -2.15. The maximum absolute atomic E-state index is 14.2. The number of amides is 1. The first-order valence-electron chi connectivity index (χ1n) is 8.62. The van der Waals surface area contributed by atoms with Gasteiger partial charge in [0.1, 0.15) is 18.0 Å². The number of benzene rings is 2. The van der Waals surface area contributed by atoms with E-state index in [9.17, 15) is 37.3 Å². The van der Waals surface area contributed by atoms with Crippen LogP contribution in [-0.4, -0.2) is 15.4 Å². The number of halogens is 4. The summed E-state index contributed by atoms with van der Waals surface area (Å²) in [5.41, 5.74) is 2.76. The number of carbonyl (C=O) groups excluding carboxylic acids is 1. The van der Waals surface area contributed by atoms with E-state index >= 15 is 0 Å². The number of hydrogen-bond donors (Lipinski definition) is 2. The third-order valence-electron chi connectivity index (χ3n) is 4.11. The van der Waals surface area contributed by atoms with Crippen LogP contribution in [0.1, 0.15) is 0 Å². The van der Waals surface area contributed by atoms with Gasteiger partial charge in [0.15, 0.2) is 23.1 Å². The second kappa shape index (κ2) is 8.75. The molecule has 0 radical (unpaired) electrons. The summed E-state index contributed by atoms with van der Waals surface area (Å²) in [6.07, 6.45) is 1.11. The molecule has 1 amide bonds. The van der Waals surface area contributed by atoms with Crippen LogP contribution in [0.25, 0.3) is 0 Å². The molecular weight excluding hydrogens is 440 g/mol. The molecule has 0 unspecified atom stereocenters. The van der Waals surface area contributed by atoms with Crippen LogP contribution in [0.15, 0.2) is 47.4 Å². The zero-order chi connectivity index (χ0) is 23.6. The predicted octanol–water partition coefficient (Wildman–Crippen LogP) is 3.33. The van der Waals surface area contributed by atoms with Crippen LogP contribution in [0.2, 0.25) is 0 Å². The highest BCUT2D eigenvalue weighted by Crippen LogP contribution is 2.38. The van der Waals surface area contributed by atoms with Crippen molar-refractivity contribution in [1.82, 2.24) is 4.57 Å². The summed E-state index contributed by atoms with van der Waals surface area (Å²) in [5, 5.41) is 13.0. The number of rotatable bonds is 6. The van der Waals surface area contributed by atoms with Gasteiger partial charge in [-0.05, 0) is 18.2 Å². The monoisotopic (exact) mass is 452 g/mol. The Kier molecular flexibility index (Phi) is 6.09. The second-order valence-electron chi connectivity index (χ2n) is 6.27. The van der Waals surface area contributed by atoms with Gasteiger partial charge in [0.2, 0.25) is 11.7 Å². The van der Waals surface area contributed by atoms with E-state index in [-0.39, 0.29) is 0 Å². The van der Waals surface area contributed by atoms with E-state index < -0.39 is 74.8 Å². The first-order chi connectivity index (χ1) is 15.1. The highest BCUT2D eigenvalue weighted by Gasteiger charge is 2.22. The predicted molar refractivity (Wildman–Crippen MR) is 103 cm³/mol. The standard InChI is InChI=1S/C19H12F4N4O5/c20-9-3-4-14(10(21)6-9)32-18-16(23)11(22)7-12(17(18)24)25-15(28)8-26-5-1-2-13(19(26)29)27(30)31/h1-7H,8,24H2,(H,25,28).